The van der Waals surface area contributed by atoms with Crippen molar-refractivity contribution in [2.75, 3.05) is 12.4 Å². The van der Waals surface area contributed by atoms with Crippen LogP contribution < -0.4 is 10.1 Å². The molecular formula is C20H22N4O. The fraction of sp³-hybridized carbons (Fsp3) is 0.250. The van der Waals surface area contributed by atoms with Crippen molar-refractivity contribution in [1.29, 1.82) is 0 Å². The molecule has 0 saturated heterocycles. The predicted molar refractivity (Wildman–Crippen MR) is 99.8 cm³/mol. The van der Waals surface area contributed by atoms with E-state index in [2.05, 4.69) is 33.3 Å². The van der Waals surface area contributed by atoms with Gasteiger partial charge in [0.15, 0.2) is 0 Å². The number of benzene rings is 1. The van der Waals surface area contributed by atoms with Crippen molar-refractivity contribution in [3.63, 3.8) is 0 Å². The summed E-state index contributed by atoms with van der Waals surface area (Å²) in [5, 5.41) is 3.45. The van der Waals surface area contributed by atoms with Gasteiger partial charge >= 0.3 is 0 Å². The lowest BCUT2D eigenvalue weighted by atomic mass is 10.1. The standard InChI is InChI=1S/C20H22N4O/c1-13-10-17(8-9-21-13)19-12-20(24-15(3)23-19)22-14(2)16-6-5-7-18(11-16)25-4/h5-12,14H,1-4H3,(H,22,23,24)/t14-/m0/s1. The first-order chi connectivity index (χ1) is 12.0. The number of pyridine rings is 1. The average molecular weight is 334 g/mol. The predicted octanol–water partition coefficient (Wildman–Crippen LogP) is 4.34. The molecule has 25 heavy (non-hydrogen) atoms. The minimum Gasteiger partial charge on any atom is -0.497 e. The van der Waals surface area contributed by atoms with Gasteiger partial charge in [0.2, 0.25) is 0 Å². The van der Waals surface area contributed by atoms with Crippen molar-refractivity contribution in [3.8, 4) is 17.0 Å². The van der Waals surface area contributed by atoms with Gasteiger partial charge in [-0.25, -0.2) is 9.97 Å². The summed E-state index contributed by atoms with van der Waals surface area (Å²) in [6, 6.07) is 14.1. The largest absolute Gasteiger partial charge is 0.497 e. The van der Waals surface area contributed by atoms with Crippen molar-refractivity contribution >= 4 is 5.82 Å². The number of hydrogen-bond acceptors (Lipinski definition) is 5. The van der Waals surface area contributed by atoms with Crippen molar-refractivity contribution < 1.29 is 4.74 Å². The summed E-state index contributed by atoms with van der Waals surface area (Å²) in [7, 11) is 1.67. The molecule has 3 aromatic rings. The van der Waals surface area contributed by atoms with Gasteiger partial charge in [-0.2, -0.15) is 0 Å². The van der Waals surface area contributed by atoms with E-state index >= 15 is 0 Å². The minimum absolute atomic E-state index is 0.0939. The molecule has 0 saturated carbocycles. The molecule has 2 heterocycles. The molecule has 0 unspecified atom stereocenters. The Bertz CT molecular complexity index is 879. The molecule has 5 heteroatoms. The van der Waals surface area contributed by atoms with E-state index in [1.807, 2.05) is 50.2 Å². The summed E-state index contributed by atoms with van der Waals surface area (Å²) in [6.07, 6.45) is 1.80. The number of ether oxygens (including phenoxy) is 1. The van der Waals surface area contributed by atoms with E-state index in [1.54, 1.807) is 13.3 Å². The van der Waals surface area contributed by atoms with Crippen LogP contribution in [0.3, 0.4) is 0 Å². The van der Waals surface area contributed by atoms with Crippen LogP contribution >= 0.6 is 0 Å². The maximum absolute atomic E-state index is 5.30. The third-order valence-electron chi connectivity index (χ3n) is 3.99. The van der Waals surface area contributed by atoms with E-state index in [9.17, 15) is 0 Å². The molecule has 1 aromatic carbocycles. The number of nitrogens with one attached hydrogen (secondary N) is 1. The lowest BCUT2D eigenvalue weighted by Gasteiger charge is -2.16. The van der Waals surface area contributed by atoms with Crippen LogP contribution in [0.25, 0.3) is 11.3 Å². The summed E-state index contributed by atoms with van der Waals surface area (Å²) in [5.41, 5.74) is 4.03. The average Bonchev–Trinajstić information content (AvgIpc) is 2.61. The molecule has 0 aliphatic carbocycles. The van der Waals surface area contributed by atoms with Crippen LogP contribution in [-0.4, -0.2) is 22.1 Å². The Balaban J connectivity index is 1.87. The number of aromatic nitrogens is 3. The Morgan fingerprint density at radius 3 is 2.64 bits per heavy atom. The quantitative estimate of drug-likeness (QED) is 0.752. The van der Waals surface area contributed by atoms with Crippen LogP contribution in [0.4, 0.5) is 5.82 Å². The van der Waals surface area contributed by atoms with Crippen molar-refractivity contribution in [1.82, 2.24) is 15.0 Å². The third kappa shape index (κ3) is 4.12. The summed E-state index contributed by atoms with van der Waals surface area (Å²) in [6.45, 7) is 5.98. The monoisotopic (exact) mass is 334 g/mol. The highest BCUT2D eigenvalue weighted by molar-refractivity contribution is 5.62. The van der Waals surface area contributed by atoms with Crippen LogP contribution in [0.2, 0.25) is 0 Å². The Labute approximate surface area is 148 Å². The normalized spacial score (nSPS) is 11.8. The topological polar surface area (TPSA) is 59.9 Å². The second-order valence-corrected chi connectivity index (χ2v) is 6.01. The molecule has 1 N–H and O–H groups in total. The second kappa shape index (κ2) is 7.30. The molecule has 0 aliphatic heterocycles. The Morgan fingerprint density at radius 1 is 1.04 bits per heavy atom. The first-order valence-corrected chi connectivity index (χ1v) is 8.24. The van der Waals surface area contributed by atoms with Gasteiger partial charge in [0.1, 0.15) is 17.4 Å². The van der Waals surface area contributed by atoms with Gasteiger partial charge < -0.3 is 10.1 Å². The first kappa shape index (κ1) is 16.9. The fourth-order valence-electron chi connectivity index (χ4n) is 2.71. The lowest BCUT2D eigenvalue weighted by molar-refractivity contribution is 0.414. The summed E-state index contributed by atoms with van der Waals surface area (Å²) >= 11 is 0. The molecule has 3 rings (SSSR count). The molecule has 0 amide bonds. The zero-order chi connectivity index (χ0) is 17.8. The summed E-state index contributed by atoms with van der Waals surface area (Å²) in [4.78, 5) is 13.3. The Hall–Kier alpha value is -2.95. The van der Waals surface area contributed by atoms with Gasteiger partial charge in [-0.3, -0.25) is 4.98 Å². The highest BCUT2D eigenvalue weighted by Gasteiger charge is 2.10. The highest BCUT2D eigenvalue weighted by atomic mass is 16.5. The zero-order valence-electron chi connectivity index (χ0n) is 14.9. The Morgan fingerprint density at radius 2 is 1.88 bits per heavy atom. The van der Waals surface area contributed by atoms with Crippen LogP contribution in [0.1, 0.15) is 30.0 Å². The summed E-state index contributed by atoms with van der Waals surface area (Å²) < 4.78 is 5.30. The van der Waals surface area contributed by atoms with Gasteiger partial charge in [-0.1, -0.05) is 12.1 Å². The van der Waals surface area contributed by atoms with E-state index in [0.717, 1.165) is 39.9 Å². The van der Waals surface area contributed by atoms with Gasteiger partial charge in [0.05, 0.1) is 18.8 Å². The van der Waals surface area contributed by atoms with Crippen LogP contribution in [0, 0.1) is 13.8 Å². The molecule has 128 valence electrons. The number of aryl methyl sites for hydroxylation is 2. The molecule has 0 fully saturated rings. The lowest BCUT2D eigenvalue weighted by Crippen LogP contribution is -2.09. The van der Waals surface area contributed by atoms with Crippen molar-refractivity contribution in [3.05, 3.63) is 65.7 Å². The number of rotatable bonds is 5. The number of nitrogens with zero attached hydrogens (tertiary/aromatic N) is 3. The van der Waals surface area contributed by atoms with Crippen LogP contribution in [0.15, 0.2) is 48.7 Å². The fourth-order valence-corrected chi connectivity index (χ4v) is 2.71. The molecule has 0 aliphatic rings. The van der Waals surface area contributed by atoms with Gasteiger partial charge in [0.25, 0.3) is 0 Å². The van der Waals surface area contributed by atoms with E-state index < -0.39 is 0 Å². The molecule has 5 nitrogen and oxygen atoms in total. The van der Waals surface area contributed by atoms with E-state index in [1.165, 1.54) is 0 Å². The van der Waals surface area contributed by atoms with E-state index in [0.29, 0.717) is 0 Å². The SMILES string of the molecule is COc1cccc([C@H](C)Nc2cc(-c3ccnc(C)c3)nc(C)n2)c1. The molecule has 0 bridgehead atoms. The van der Waals surface area contributed by atoms with Gasteiger partial charge in [0, 0.05) is 23.5 Å². The van der Waals surface area contributed by atoms with Crippen LogP contribution in [-0.2, 0) is 0 Å². The maximum atomic E-state index is 5.30. The number of methoxy groups -OCH3 is 1. The zero-order valence-corrected chi connectivity index (χ0v) is 14.9. The third-order valence-corrected chi connectivity index (χ3v) is 3.99. The van der Waals surface area contributed by atoms with Gasteiger partial charge in [-0.05, 0) is 50.6 Å². The smallest absolute Gasteiger partial charge is 0.130 e. The highest BCUT2D eigenvalue weighted by Crippen LogP contribution is 2.25. The van der Waals surface area contributed by atoms with Crippen molar-refractivity contribution in [2.45, 2.75) is 26.8 Å². The number of hydrogen-bond donors (Lipinski definition) is 1. The molecule has 0 radical (unpaired) electrons. The Kier molecular flexibility index (Phi) is 4.93. The summed E-state index contributed by atoms with van der Waals surface area (Å²) in [5.74, 6) is 2.37. The second-order valence-electron chi connectivity index (χ2n) is 6.01. The molecule has 2 aromatic heterocycles. The molecule has 1 atom stereocenters. The van der Waals surface area contributed by atoms with E-state index in [4.69, 9.17) is 4.74 Å². The van der Waals surface area contributed by atoms with Crippen molar-refractivity contribution in [2.24, 2.45) is 0 Å². The molecule has 0 spiro atoms. The van der Waals surface area contributed by atoms with E-state index in [-0.39, 0.29) is 6.04 Å². The van der Waals surface area contributed by atoms with Gasteiger partial charge in [-0.15, -0.1) is 0 Å². The van der Waals surface area contributed by atoms with Crippen LogP contribution in [0.5, 0.6) is 5.75 Å². The minimum atomic E-state index is 0.0939. The molecular weight excluding hydrogens is 312 g/mol. The maximum Gasteiger partial charge on any atom is 0.130 e. The number of anilines is 1. The first-order valence-electron chi connectivity index (χ1n) is 8.24.